The van der Waals surface area contributed by atoms with E-state index in [1.54, 1.807) is 19.1 Å². The number of hydrogen-bond acceptors (Lipinski definition) is 6. The van der Waals surface area contributed by atoms with Gasteiger partial charge in [0.2, 0.25) is 0 Å². The second-order valence-corrected chi connectivity index (χ2v) is 5.82. The number of rotatable bonds is 4. The Bertz CT molecular complexity index is 999. The van der Waals surface area contributed by atoms with Crippen molar-refractivity contribution in [1.29, 1.82) is 5.26 Å². The van der Waals surface area contributed by atoms with Crippen LogP contribution in [0.1, 0.15) is 23.0 Å². The maximum absolute atomic E-state index is 12.5. The van der Waals surface area contributed by atoms with E-state index in [2.05, 4.69) is 25.9 Å². The summed E-state index contributed by atoms with van der Waals surface area (Å²) in [5, 5.41) is 9.05. The van der Waals surface area contributed by atoms with Crippen molar-refractivity contribution in [3.8, 4) is 17.6 Å². The Labute approximate surface area is 152 Å². The number of ether oxygens (including phenoxy) is 2. The minimum atomic E-state index is -0.662. The van der Waals surface area contributed by atoms with Crippen LogP contribution in [0.15, 0.2) is 47.1 Å². The van der Waals surface area contributed by atoms with Gasteiger partial charge in [-0.1, -0.05) is 12.1 Å². The molecule has 0 aliphatic carbocycles. The summed E-state index contributed by atoms with van der Waals surface area (Å²) >= 11 is 3.31. The molecule has 7 heteroatoms. The first-order chi connectivity index (χ1) is 12.1. The molecule has 124 valence electrons. The summed E-state index contributed by atoms with van der Waals surface area (Å²) in [5.74, 6) is -0.166. The zero-order valence-corrected chi connectivity index (χ0v) is 14.8. The average molecular weight is 398 g/mol. The first-order valence-corrected chi connectivity index (χ1v) is 8.22. The van der Waals surface area contributed by atoms with E-state index in [0.717, 1.165) is 0 Å². The summed E-state index contributed by atoms with van der Waals surface area (Å²) in [7, 11) is 0. The predicted octanol–water partition coefficient (Wildman–Crippen LogP) is 3.88. The highest BCUT2D eigenvalue weighted by Crippen LogP contribution is 2.37. The fourth-order valence-electron chi connectivity index (χ4n) is 2.20. The van der Waals surface area contributed by atoms with Crippen molar-refractivity contribution in [3.05, 3.63) is 58.3 Å². The molecule has 0 saturated carbocycles. The van der Waals surface area contributed by atoms with E-state index in [-0.39, 0.29) is 11.4 Å². The van der Waals surface area contributed by atoms with Crippen LogP contribution < -0.4 is 9.47 Å². The van der Waals surface area contributed by atoms with Crippen LogP contribution >= 0.6 is 15.9 Å². The number of carbonyl (C=O) groups excluding carboxylic acids is 1. The lowest BCUT2D eigenvalue weighted by molar-refractivity contribution is 0.0721. The number of aromatic nitrogens is 2. The zero-order chi connectivity index (χ0) is 17.8. The minimum absolute atomic E-state index is 0.0809. The number of benzene rings is 2. The number of nitrogens with zero attached hydrogens (tertiary/aromatic N) is 3. The SMILES string of the molecule is CCOc1cc(C#N)cc(Br)c1OC(=O)c1cnc2ccccc2n1. The molecule has 2 aromatic carbocycles. The lowest BCUT2D eigenvalue weighted by Gasteiger charge is -2.12. The van der Waals surface area contributed by atoms with Gasteiger partial charge >= 0.3 is 5.97 Å². The fraction of sp³-hybridized carbons (Fsp3) is 0.111. The van der Waals surface area contributed by atoms with Crippen LogP contribution in [0.3, 0.4) is 0 Å². The molecular weight excluding hydrogens is 386 g/mol. The first-order valence-electron chi connectivity index (χ1n) is 7.42. The molecule has 6 nitrogen and oxygen atoms in total. The van der Waals surface area contributed by atoms with Crippen molar-refractivity contribution in [2.75, 3.05) is 6.61 Å². The molecule has 0 spiro atoms. The number of fused-ring (bicyclic) bond motifs is 1. The Morgan fingerprint density at radius 2 is 2.04 bits per heavy atom. The van der Waals surface area contributed by atoms with Gasteiger partial charge in [-0.3, -0.25) is 4.98 Å². The van der Waals surface area contributed by atoms with Crippen molar-refractivity contribution < 1.29 is 14.3 Å². The summed E-state index contributed by atoms with van der Waals surface area (Å²) in [5.41, 5.74) is 1.76. The van der Waals surface area contributed by atoms with Gasteiger partial charge in [0.1, 0.15) is 0 Å². The first kappa shape index (κ1) is 16.9. The van der Waals surface area contributed by atoms with Crippen LogP contribution in [-0.2, 0) is 0 Å². The van der Waals surface area contributed by atoms with Gasteiger partial charge in [0.15, 0.2) is 17.2 Å². The van der Waals surface area contributed by atoms with Crippen molar-refractivity contribution >= 4 is 32.9 Å². The number of halogens is 1. The van der Waals surface area contributed by atoms with Gasteiger partial charge in [0.25, 0.3) is 0 Å². The topological polar surface area (TPSA) is 85.1 Å². The molecule has 1 heterocycles. The van der Waals surface area contributed by atoms with Gasteiger partial charge < -0.3 is 9.47 Å². The third-order valence-electron chi connectivity index (χ3n) is 3.29. The molecule has 0 atom stereocenters. The molecule has 0 bridgehead atoms. The molecule has 0 fully saturated rings. The van der Waals surface area contributed by atoms with Crippen LogP contribution in [0.25, 0.3) is 11.0 Å². The maximum Gasteiger partial charge on any atom is 0.364 e. The normalized spacial score (nSPS) is 10.3. The minimum Gasteiger partial charge on any atom is -0.490 e. The number of hydrogen-bond donors (Lipinski definition) is 0. The molecule has 0 amide bonds. The third-order valence-corrected chi connectivity index (χ3v) is 3.88. The highest BCUT2D eigenvalue weighted by Gasteiger charge is 2.19. The Morgan fingerprint density at radius 1 is 1.28 bits per heavy atom. The Morgan fingerprint density at radius 3 is 2.76 bits per heavy atom. The summed E-state index contributed by atoms with van der Waals surface area (Å²) in [4.78, 5) is 20.9. The van der Waals surface area contributed by atoms with Crippen molar-refractivity contribution in [3.63, 3.8) is 0 Å². The van der Waals surface area contributed by atoms with Gasteiger partial charge in [-0.25, -0.2) is 9.78 Å². The van der Waals surface area contributed by atoms with Gasteiger partial charge in [-0.05, 0) is 41.1 Å². The molecule has 0 radical (unpaired) electrons. The third kappa shape index (κ3) is 3.59. The molecule has 0 N–H and O–H groups in total. The van der Waals surface area contributed by atoms with Gasteiger partial charge in [0, 0.05) is 6.07 Å². The lowest BCUT2D eigenvalue weighted by Crippen LogP contribution is -2.12. The van der Waals surface area contributed by atoms with E-state index in [1.165, 1.54) is 12.3 Å². The summed E-state index contributed by atoms with van der Waals surface area (Å²) in [6, 6.07) is 12.3. The molecule has 3 aromatic rings. The number of carbonyl (C=O) groups is 1. The maximum atomic E-state index is 12.5. The van der Waals surface area contributed by atoms with Crippen LogP contribution in [0.5, 0.6) is 11.5 Å². The number of para-hydroxylation sites is 2. The second kappa shape index (κ2) is 7.28. The van der Waals surface area contributed by atoms with Crippen molar-refractivity contribution in [1.82, 2.24) is 9.97 Å². The monoisotopic (exact) mass is 397 g/mol. The predicted molar refractivity (Wildman–Crippen MR) is 94.5 cm³/mol. The second-order valence-electron chi connectivity index (χ2n) is 4.96. The van der Waals surface area contributed by atoms with Gasteiger partial charge in [0.05, 0.1) is 39.9 Å². The van der Waals surface area contributed by atoms with Gasteiger partial charge in [-0.15, -0.1) is 0 Å². The molecule has 0 aliphatic rings. The standard InChI is InChI=1S/C18H12BrN3O3/c1-2-24-16-8-11(9-20)7-12(19)17(16)25-18(23)15-10-21-13-5-3-4-6-14(13)22-15/h3-8,10H,2H2,1H3. The van der Waals surface area contributed by atoms with Crippen LogP contribution in [-0.4, -0.2) is 22.5 Å². The van der Waals surface area contributed by atoms with Crippen LogP contribution in [0.4, 0.5) is 0 Å². The van der Waals surface area contributed by atoms with Crippen molar-refractivity contribution in [2.24, 2.45) is 0 Å². The van der Waals surface area contributed by atoms with E-state index in [0.29, 0.717) is 33.4 Å². The summed E-state index contributed by atoms with van der Waals surface area (Å²) < 4.78 is 11.4. The highest BCUT2D eigenvalue weighted by atomic mass is 79.9. The number of esters is 1. The zero-order valence-electron chi connectivity index (χ0n) is 13.2. The molecule has 25 heavy (non-hydrogen) atoms. The van der Waals surface area contributed by atoms with E-state index in [1.807, 2.05) is 24.3 Å². The molecule has 0 saturated heterocycles. The molecule has 1 aromatic heterocycles. The summed E-state index contributed by atoms with van der Waals surface area (Å²) in [6.45, 7) is 2.16. The molecule has 3 rings (SSSR count). The van der Waals surface area contributed by atoms with Gasteiger partial charge in [-0.2, -0.15) is 5.26 Å². The van der Waals surface area contributed by atoms with Crippen molar-refractivity contribution in [2.45, 2.75) is 6.92 Å². The van der Waals surface area contributed by atoms with E-state index in [9.17, 15) is 4.79 Å². The highest BCUT2D eigenvalue weighted by molar-refractivity contribution is 9.10. The fourth-order valence-corrected chi connectivity index (χ4v) is 2.72. The lowest BCUT2D eigenvalue weighted by atomic mass is 10.2. The van der Waals surface area contributed by atoms with E-state index < -0.39 is 5.97 Å². The smallest absolute Gasteiger partial charge is 0.364 e. The molecular formula is C18H12BrN3O3. The summed E-state index contributed by atoms with van der Waals surface area (Å²) in [6.07, 6.45) is 1.36. The largest absolute Gasteiger partial charge is 0.490 e. The van der Waals surface area contributed by atoms with E-state index >= 15 is 0 Å². The van der Waals surface area contributed by atoms with Crippen LogP contribution in [0, 0.1) is 11.3 Å². The number of nitriles is 1. The van der Waals surface area contributed by atoms with Crippen LogP contribution in [0.2, 0.25) is 0 Å². The Balaban J connectivity index is 1.95. The quantitative estimate of drug-likeness (QED) is 0.490. The van der Waals surface area contributed by atoms with E-state index in [4.69, 9.17) is 14.7 Å². The Kier molecular flexibility index (Phi) is 4.91. The molecule has 0 unspecified atom stereocenters. The molecule has 0 aliphatic heterocycles. The average Bonchev–Trinajstić information content (AvgIpc) is 2.63. The Hall–Kier alpha value is -2.98.